The molecule has 0 saturated heterocycles. The molecule has 0 radical (unpaired) electrons. The fourth-order valence-corrected chi connectivity index (χ4v) is 3.76. The zero-order chi connectivity index (χ0) is 24.5. The summed E-state index contributed by atoms with van der Waals surface area (Å²) in [5, 5.41) is 0. The normalized spacial score (nSPS) is 13.5. The van der Waals surface area contributed by atoms with Crippen molar-refractivity contribution in [3.63, 3.8) is 0 Å². The van der Waals surface area contributed by atoms with Gasteiger partial charge in [0, 0.05) is 31.2 Å². The Hall–Kier alpha value is -3.62. The van der Waals surface area contributed by atoms with Gasteiger partial charge in [0.2, 0.25) is 0 Å². The minimum Gasteiger partial charge on any atom is -0.444 e. The maximum absolute atomic E-state index is 13.4. The molecule has 0 saturated carbocycles. The van der Waals surface area contributed by atoms with Gasteiger partial charge in [0.25, 0.3) is 0 Å². The van der Waals surface area contributed by atoms with Gasteiger partial charge in [-0.05, 0) is 62.1 Å². The van der Waals surface area contributed by atoms with Crippen molar-refractivity contribution in [1.29, 1.82) is 0 Å². The second-order valence-electron chi connectivity index (χ2n) is 9.38. The summed E-state index contributed by atoms with van der Waals surface area (Å²) in [7, 11) is 0. The molecule has 3 aromatic rings. The number of halogens is 2. The van der Waals surface area contributed by atoms with E-state index in [0.29, 0.717) is 30.8 Å². The number of carbonyl (C=O) groups is 2. The van der Waals surface area contributed by atoms with Crippen molar-refractivity contribution in [2.45, 2.75) is 52.3 Å². The van der Waals surface area contributed by atoms with Crippen LogP contribution in [-0.2, 0) is 30.7 Å². The number of imidazole rings is 1. The first-order valence-electron chi connectivity index (χ1n) is 11.0. The highest BCUT2D eigenvalue weighted by Gasteiger charge is 2.26. The predicted molar refractivity (Wildman–Crippen MR) is 120 cm³/mol. The lowest BCUT2D eigenvalue weighted by Crippen LogP contribution is -2.40. The largest absolute Gasteiger partial charge is 0.444 e. The minimum atomic E-state index is -0.915. The predicted octanol–water partition coefficient (Wildman–Crippen LogP) is 4.32. The fourth-order valence-electron chi connectivity index (χ4n) is 3.76. The zero-order valence-electron chi connectivity index (χ0n) is 19.3. The first-order valence-corrected chi connectivity index (χ1v) is 11.0. The van der Waals surface area contributed by atoms with Crippen LogP contribution in [0.25, 0.3) is 0 Å². The highest BCUT2D eigenvalue weighted by Crippen LogP contribution is 2.22. The van der Waals surface area contributed by atoms with E-state index in [1.54, 1.807) is 21.9 Å². The molecule has 0 fully saturated rings. The molecule has 2 aromatic heterocycles. The number of rotatable bonds is 5. The third-order valence-corrected chi connectivity index (χ3v) is 5.41. The topological polar surface area (TPSA) is 77.3 Å². The maximum Gasteiger partial charge on any atom is 0.410 e. The Labute approximate surface area is 196 Å². The molecule has 4 rings (SSSR count). The molecule has 7 nitrogen and oxygen atoms in total. The van der Waals surface area contributed by atoms with Crippen molar-refractivity contribution in [2.75, 3.05) is 6.54 Å². The van der Waals surface area contributed by atoms with Crippen molar-refractivity contribution in [3.8, 4) is 0 Å². The van der Waals surface area contributed by atoms with Gasteiger partial charge < -0.3 is 14.2 Å². The standard InChI is InChI=1S/C25H26F2N4O3/c1-25(2,3)34-24(33)31-7-6-17-9-19(28-11-18(17)13-31)10-23(32)22-14-30(15-29-22)12-16-4-5-20(26)21(27)8-16/h4-5,8-9,11,14-15H,6-7,10,12-13H2,1-3H3. The van der Waals surface area contributed by atoms with Crippen molar-refractivity contribution >= 4 is 11.9 Å². The number of hydrogen-bond acceptors (Lipinski definition) is 5. The van der Waals surface area contributed by atoms with Gasteiger partial charge in [-0.1, -0.05) is 6.07 Å². The van der Waals surface area contributed by atoms with E-state index >= 15 is 0 Å². The number of aromatic nitrogens is 3. The molecule has 0 bridgehead atoms. The Morgan fingerprint density at radius 3 is 2.62 bits per heavy atom. The third-order valence-electron chi connectivity index (χ3n) is 5.41. The molecule has 1 aliphatic rings. The minimum absolute atomic E-state index is 0.0885. The van der Waals surface area contributed by atoms with Gasteiger partial charge in [0.15, 0.2) is 17.4 Å². The first-order chi connectivity index (χ1) is 16.1. The van der Waals surface area contributed by atoms with Crippen LogP contribution in [0.4, 0.5) is 13.6 Å². The average Bonchev–Trinajstić information content (AvgIpc) is 3.23. The number of carbonyl (C=O) groups excluding carboxylic acids is 2. The van der Waals surface area contributed by atoms with Crippen LogP contribution in [0.2, 0.25) is 0 Å². The smallest absolute Gasteiger partial charge is 0.410 e. The van der Waals surface area contributed by atoms with Crippen LogP contribution in [0.3, 0.4) is 0 Å². The number of hydrogen-bond donors (Lipinski definition) is 0. The highest BCUT2D eigenvalue weighted by molar-refractivity contribution is 5.95. The molecule has 9 heteroatoms. The quantitative estimate of drug-likeness (QED) is 0.521. The van der Waals surface area contributed by atoms with E-state index in [1.165, 1.54) is 12.4 Å². The summed E-state index contributed by atoms with van der Waals surface area (Å²) in [6.07, 6.45) is 5.17. The summed E-state index contributed by atoms with van der Waals surface area (Å²) in [4.78, 5) is 35.3. The molecule has 178 valence electrons. The summed E-state index contributed by atoms with van der Waals surface area (Å²) < 4.78 is 33.6. The number of amides is 1. The Morgan fingerprint density at radius 2 is 1.88 bits per heavy atom. The van der Waals surface area contributed by atoms with Crippen LogP contribution < -0.4 is 0 Å². The van der Waals surface area contributed by atoms with E-state index in [2.05, 4.69) is 9.97 Å². The van der Waals surface area contributed by atoms with Crippen molar-refractivity contribution in [1.82, 2.24) is 19.4 Å². The SMILES string of the molecule is CC(C)(C)OC(=O)N1CCc2cc(CC(=O)c3cn(Cc4ccc(F)c(F)c4)cn3)ncc2C1. The molecule has 0 atom stereocenters. The Bertz CT molecular complexity index is 1230. The highest BCUT2D eigenvalue weighted by atomic mass is 19.2. The lowest BCUT2D eigenvalue weighted by Gasteiger charge is -2.31. The van der Waals surface area contributed by atoms with Crippen molar-refractivity contribution in [3.05, 3.63) is 82.7 Å². The molecule has 0 unspecified atom stereocenters. The molecule has 0 spiro atoms. The third kappa shape index (κ3) is 5.65. The van der Waals surface area contributed by atoms with Gasteiger partial charge in [-0.15, -0.1) is 0 Å². The first kappa shape index (κ1) is 23.5. The molecule has 1 amide bonds. The molecule has 0 aliphatic carbocycles. The van der Waals surface area contributed by atoms with E-state index in [9.17, 15) is 18.4 Å². The number of fused-ring (bicyclic) bond motifs is 1. The molecular weight excluding hydrogens is 442 g/mol. The van der Waals surface area contributed by atoms with E-state index in [-0.39, 0.29) is 30.5 Å². The fraction of sp³-hybridized carbons (Fsp3) is 0.360. The summed E-state index contributed by atoms with van der Waals surface area (Å²) >= 11 is 0. The van der Waals surface area contributed by atoms with Gasteiger partial charge in [0.1, 0.15) is 11.3 Å². The van der Waals surface area contributed by atoms with Gasteiger partial charge >= 0.3 is 6.09 Å². The van der Waals surface area contributed by atoms with E-state index in [1.807, 2.05) is 26.8 Å². The van der Waals surface area contributed by atoms with E-state index < -0.39 is 17.2 Å². The molecule has 1 aromatic carbocycles. The van der Waals surface area contributed by atoms with Crippen molar-refractivity contribution < 1.29 is 23.1 Å². The van der Waals surface area contributed by atoms with Crippen LogP contribution in [0, 0.1) is 11.6 Å². The summed E-state index contributed by atoms with van der Waals surface area (Å²) in [5.74, 6) is -2.01. The van der Waals surface area contributed by atoms with Gasteiger partial charge in [0.05, 0.1) is 19.3 Å². The summed E-state index contributed by atoms with van der Waals surface area (Å²) in [6, 6.07) is 5.58. The number of ketones is 1. The van der Waals surface area contributed by atoms with Crippen LogP contribution in [-0.4, -0.2) is 43.5 Å². The molecule has 3 heterocycles. The van der Waals surface area contributed by atoms with Gasteiger partial charge in [-0.3, -0.25) is 9.78 Å². The summed E-state index contributed by atoms with van der Waals surface area (Å²) in [5.41, 5.74) is 2.91. The second kappa shape index (κ2) is 9.32. The number of Topliss-reactive ketones (excluding diaryl/α,β-unsaturated/α-hetero) is 1. The van der Waals surface area contributed by atoms with E-state index in [0.717, 1.165) is 23.3 Å². The average molecular weight is 469 g/mol. The summed E-state index contributed by atoms with van der Waals surface area (Å²) in [6.45, 7) is 6.72. The van der Waals surface area contributed by atoms with Crippen LogP contribution in [0.5, 0.6) is 0 Å². The number of ether oxygens (including phenoxy) is 1. The van der Waals surface area contributed by atoms with E-state index in [4.69, 9.17) is 4.74 Å². The lowest BCUT2D eigenvalue weighted by atomic mass is 10.00. The maximum atomic E-state index is 13.4. The lowest BCUT2D eigenvalue weighted by molar-refractivity contribution is 0.0223. The second-order valence-corrected chi connectivity index (χ2v) is 9.38. The zero-order valence-corrected chi connectivity index (χ0v) is 19.3. The van der Waals surface area contributed by atoms with Crippen LogP contribution in [0.1, 0.15) is 53.6 Å². The number of pyridine rings is 1. The van der Waals surface area contributed by atoms with Crippen molar-refractivity contribution in [2.24, 2.45) is 0 Å². The van der Waals surface area contributed by atoms with Crippen LogP contribution in [0.15, 0.2) is 43.0 Å². The van der Waals surface area contributed by atoms with Gasteiger partial charge in [-0.2, -0.15) is 0 Å². The molecule has 34 heavy (non-hydrogen) atoms. The number of benzene rings is 1. The van der Waals surface area contributed by atoms with Crippen LogP contribution >= 0.6 is 0 Å². The molecule has 1 aliphatic heterocycles. The Morgan fingerprint density at radius 1 is 1.09 bits per heavy atom. The Kier molecular flexibility index (Phi) is 6.45. The Balaban J connectivity index is 1.38. The molecule has 0 N–H and O–H groups in total. The van der Waals surface area contributed by atoms with Gasteiger partial charge in [-0.25, -0.2) is 18.6 Å². The molecular formula is C25H26F2N4O3. The monoisotopic (exact) mass is 468 g/mol. The number of nitrogens with zero attached hydrogens (tertiary/aromatic N) is 4.